The topological polar surface area (TPSA) is 21.3 Å². The van der Waals surface area contributed by atoms with Crippen molar-refractivity contribution in [3.05, 3.63) is 0 Å². The SMILES string of the molecule is CCOC1(C(CCC(C)(C)C)NC)CCCC(C)C1. The van der Waals surface area contributed by atoms with E-state index in [1.165, 1.54) is 38.5 Å². The third kappa shape index (κ3) is 5.07. The first-order valence-corrected chi connectivity index (χ1v) is 8.14. The molecule has 1 rings (SSSR count). The predicted molar refractivity (Wildman–Crippen MR) is 83.5 cm³/mol. The lowest BCUT2D eigenvalue weighted by Gasteiger charge is -2.46. The van der Waals surface area contributed by atoms with Crippen molar-refractivity contribution < 1.29 is 4.74 Å². The molecule has 0 radical (unpaired) electrons. The van der Waals surface area contributed by atoms with E-state index in [9.17, 15) is 0 Å². The molecule has 0 amide bonds. The average Bonchev–Trinajstić information content (AvgIpc) is 2.28. The molecule has 3 atom stereocenters. The van der Waals surface area contributed by atoms with Gasteiger partial charge in [0.25, 0.3) is 0 Å². The van der Waals surface area contributed by atoms with Gasteiger partial charge in [0.1, 0.15) is 0 Å². The quantitative estimate of drug-likeness (QED) is 0.772. The Hall–Kier alpha value is -0.0800. The fourth-order valence-electron chi connectivity index (χ4n) is 3.63. The van der Waals surface area contributed by atoms with Crippen molar-refractivity contribution in [3.8, 4) is 0 Å². The van der Waals surface area contributed by atoms with Gasteiger partial charge in [0, 0.05) is 12.6 Å². The maximum Gasteiger partial charge on any atom is 0.0837 e. The first kappa shape index (κ1) is 17.0. The van der Waals surface area contributed by atoms with Crippen LogP contribution in [-0.4, -0.2) is 25.3 Å². The van der Waals surface area contributed by atoms with Crippen LogP contribution in [0.15, 0.2) is 0 Å². The van der Waals surface area contributed by atoms with Crippen molar-refractivity contribution >= 4 is 0 Å². The van der Waals surface area contributed by atoms with Gasteiger partial charge in [-0.15, -0.1) is 0 Å². The molecule has 0 aliphatic heterocycles. The molecule has 1 aliphatic rings. The van der Waals surface area contributed by atoms with E-state index in [4.69, 9.17) is 4.74 Å². The van der Waals surface area contributed by atoms with Gasteiger partial charge in [-0.3, -0.25) is 0 Å². The highest BCUT2D eigenvalue weighted by Crippen LogP contribution is 2.39. The molecular formula is C17H35NO. The highest BCUT2D eigenvalue weighted by Gasteiger charge is 2.42. The van der Waals surface area contributed by atoms with Crippen LogP contribution in [0.5, 0.6) is 0 Å². The van der Waals surface area contributed by atoms with Gasteiger partial charge < -0.3 is 10.1 Å². The molecule has 2 heteroatoms. The Morgan fingerprint density at radius 2 is 2.05 bits per heavy atom. The number of ether oxygens (including phenoxy) is 1. The lowest BCUT2D eigenvalue weighted by atomic mass is 9.72. The molecule has 0 aromatic carbocycles. The lowest BCUT2D eigenvalue weighted by molar-refractivity contribution is -0.102. The molecule has 0 aromatic rings. The van der Waals surface area contributed by atoms with Gasteiger partial charge >= 0.3 is 0 Å². The normalized spacial score (nSPS) is 30.3. The number of nitrogens with one attached hydrogen (secondary N) is 1. The number of likely N-dealkylation sites (N-methyl/N-ethyl adjacent to an activating group) is 1. The summed E-state index contributed by atoms with van der Waals surface area (Å²) in [4.78, 5) is 0. The molecule has 2 nitrogen and oxygen atoms in total. The Labute approximate surface area is 120 Å². The molecule has 0 bridgehead atoms. The van der Waals surface area contributed by atoms with Gasteiger partial charge in [0.05, 0.1) is 5.60 Å². The summed E-state index contributed by atoms with van der Waals surface area (Å²) in [6.07, 6.45) is 7.59. The van der Waals surface area contributed by atoms with E-state index in [-0.39, 0.29) is 5.60 Å². The second-order valence-corrected chi connectivity index (χ2v) is 7.64. The minimum atomic E-state index is 0.0758. The van der Waals surface area contributed by atoms with Crippen molar-refractivity contribution in [1.29, 1.82) is 0 Å². The Balaban J connectivity index is 2.75. The number of rotatable bonds is 6. The molecule has 0 aromatic heterocycles. The summed E-state index contributed by atoms with van der Waals surface area (Å²) in [5.41, 5.74) is 0.481. The van der Waals surface area contributed by atoms with Gasteiger partial charge in [0.2, 0.25) is 0 Å². The van der Waals surface area contributed by atoms with Crippen LogP contribution in [0, 0.1) is 11.3 Å². The number of hydrogen-bond acceptors (Lipinski definition) is 2. The molecule has 0 spiro atoms. The molecule has 1 aliphatic carbocycles. The highest BCUT2D eigenvalue weighted by atomic mass is 16.5. The van der Waals surface area contributed by atoms with Crippen molar-refractivity contribution in [2.45, 2.75) is 84.8 Å². The molecular weight excluding hydrogens is 234 g/mol. The van der Waals surface area contributed by atoms with Crippen LogP contribution >= 0.6 is 0 Å². The van der Waals surface area contributed by atoms with Crippen molar-refractivity contribution in [2.24, 2.45) is 11.3 Å². The second kappa shape index (κ2) is 7.08. The van der Waals surface area contributed by atoms with Gasteiger partial charge in [-0.2, -0.15) is 0 Å². The van der Waals surface area contributed by atoms with E-state index in [0.29, 0.717) is 11.5 Å². The first-order chi connectivity index (χ1) is 8.83. The fraction of sp³-hybridized carbons (Fsp3) is 1.00. The van der Waals surface area contributed by atoms with Crippen molar-refractivity contribution in [2.75, 3.05) is 13.7 Å². The Bertz CT molecular complexity index is 254. The van der Waals surface area contributed by atoms with Crippen LogP contribution in [0.1, 0.15) is 73.1 Å². The van der Waals surface area contributed by atoms with Crippen LogP contribution in [0.2, 0.25) is 0 Å². The summed E-state index contributed by atoms with van der Waals surface area (Å²) < 4.78 is 6.30. The van der Waals surface area contributed by atoms with E-state index in [1.807, 2.05) is 0 Å². The van der Waals surface area contributed by atoms with E-state index in [0.717, 1.165) is 12.5 Å². The maximum absolute atomic E-state index is 6.30. The molecule has 0 heterocycles. The van der Waals surface area contributed by atoms with Gasteiger partial charge in [0.15, 0.2) is 0 Å². The Kier molecular flexibility index (Phi) is 6.32. The molecule has 3 unspecified atom stereocenters. The van der Waals surface area contributed by atoms with E-state index in [2.05, 4.69) is 47.0 Å². The zero-order chi connectivity index (χ0) is 14.5. The molecule has 1 N–H and O–H groups in total. The van der Waals surface area contributed by atoms with E-state index < -0.39 is 0 Å². The van der Waals surface area contributed by atoms with E-state index in [1.54, 1.807) is 0 Å². The van der Waals surface area contributed by atoms with Crippen LogP contribution < -0.4 is 5.32 Å². The average molecular weight is 269 g/mol. The van der Waals surface area contributed by atoms with Crippen LogP contribution in [0.3, 0.4) is 0 Å². The molecule has 19 heavy (non-hydrogen) atoms. The third-order valence-corrected chi connectivity index (χ3v) is 4.59. The molecule has 0 saturated heterocycles. The predicted octanol–water partition coefficient (Wildman–Crippen LogP) is 4.39. The standard InChI is InChI=1S/C17H35NO/c1-7-19-17(11-8-9-14(2)13-17)15(18-6)10-12-16(3,4)5/h14-15,18H,7-13H2,1-6H3. The summed E-state index contributed by atoms with van der Waals surface area (Å²) in [7, 11) is 2.10. The van der Waals surface area contributed by atoms with Crippen LogP contribution in [0.25, 0.3) is 0 Å². The summed E-state index contributed by atoms with van der Waals surface area (Å²) in [6, 6.07) is 0.495. The minimum absolute atomic E-state index is 0.0758. The largest absolute Gasteiger partial charge is 0.374 e. The van der Waals surface area contributed by atoms with Crippen molar-refractivity contribution in [3.63, 3.8) is 0 Å². The van der Waals surface area contributed by atoms with Crippen LogP contribution in [0.4, 0.5) is 0 Å². The summed E-state index contributed by atoms with van der Waals surface area (Å²) in [5, 5.41) is 3.57. The fourth-order valence-corrected chi connectivity index (χ4v) is 3.63. The molecule has 114 valence electrons. The van der Waals surface area contributed by atoms with Gasteiger partial charge in [-0.1, -0.05) is 40.5 Å². The summed E-state index contributed by atoms with van der Waals surface area (Å²) >= 11 is 0. The molecule has 1 saturated carbocycles. The highest BCUT2D eigenvalue weighted by molar-refractivity contribution is 4.97. The van der Waals surface area contributed by atoms with Gasteiger partial charge in [-0.25, -0.2) is 0 Å². The second-order valence-electron chi connectivity index (χ2n) is 7.64. The molecule has 1 fully saturated rings. The maximum atomic E-state index is 6.30. The smallest absolute Gasteiger partial charge is 0.0837 e. The minimum Gasteiger partial charge on any atom is -0.374 e. The van der Waals surface area contributed by atoms with E-state index >= 15 is 0 Å². The summed E-state index contributed by atoms with van der Waals surface area (Å²) in [6.45, 7) is 12.3. The van der Waals surface area contributed by atoms with Crippen LogP contribution in [-0.2, 0) is 4.74 Å². The van der Waals surface area contributed by atoms with Gasteiger partial charge in [-0.05, 0) is 51.0 Å². The Morgan fingerprint density at radius 1 is 1.37 bits per heavy atom. The summed E-state index contributed by atoms with van der Waals surface area (Å²) in [5.74, 6) is 0.797. The Morgan fingerprint density at radius 3 is 2.53 bits per heavy atom. The third-order valence-electron chi connectivity index (χ3n) is 4.59. The monoisotopic (exact) mass is 269 g/mol. The lowest BCUT2D eigenvalue weighted by Crippen LogP contribution is -2.54. The zero-order valence-corrected chi connectivity index (χ0v) is 14.0. The zero-order valence-electron chi connectivity index (χ0n) is 14.0. The first-order valence-electron chi connectivity index (χ1n) is 8.14. The van der Waals surface area contributed by atoms with Crippen molar-refractivity contribution in [1.82, 2.24) is 5.32 Å². The number of hydrogen-bond donors (Lipinski definition) is 1.